The van der Waals surface area contributed by atoms with Gasteiger partial charge in [0.1, 0.15) is 17.4 Å². The summed E-state index contributed by atoms with van der Waals surface area (Å²) in [6.07, 6.45) is 3.64. The van der Waals surface area contributed by atoms with Crippen molar-refractivity contribution in [3.05, 3.63) is 34.9 Å². The summed E-state index contributed by atoms with van der Waals surface area (Å²) in [5.74, 6) is 0.478. The maximum atomic E-state index is 12.3. The summed E-state index contributed by atoms with van der Waals surface area (Å²) in [7, 11) is 1.58. The molecule has 20 heavy (non-hydrogen) atoms. The summed E-state index contributed by atoms with van der Waals surface area (Å²) in [5, 5.41) is 9.24. The van der Waals surface area contributed by atoms with E-state index in [0.29, 0.717) is 5.75 Å². The molecule has 1 aromatic carbocycles. The number of hydrogen-bond acceptors (Lipinski definition) is 3. The highest BCUT2D eigenvalue weighted by Crippen LogP contribution is 2.23. The SMILES string of the molecule is COc1ccc(C)cc1/C=C(\C#N)C(=O)N1CCCC1. The van der Waals surface area contributed by atoms with Gasteiger partial charge in [-0.05, 0) is 38.0 Å². The van der Waals surface area contributed by atoms with E-state index in [9.17, 15) is 10.1 Å². The molecule has 0 saturated carbocycles. The van der Waals surface area contributed by atoms with Crippen LogP contribution in [0.4, 0.5) is 0 Å². The molecule has 0 atom stereocenters. The summed E-state index contributed by atoms with van der Waals surface area (Å²) < 4.78 is 5.27. The van der Waals surface area contributed by atoms with E-state index in [1.807, 2.05) is 31.2 Å². The molecule has 1 aromatic rings. The zero-order valence-corrected chi connectivity index (χ0v) is 11.8. The van der Waals surface area contributed by atoms with Crippen molar-refractivity contribution >= 4 is 12.0 Å². The number of aryl methyl sites for hydroxylation is 1. The molecule has 0 bridgehead atoms. The number of carbonyl (C=O) groups excluding carboxylic acids is 1. The van der Waals surface area contributed by atoms with Gasteiger partial charge in [0, 0.05) is 18.7 Å². The monoisotopic (exact) mass is 270 g/mol. The van der Waals surface area contributed by atoms with Crippen LogP contribution >= 0.6 is 0 Å². The van der Waals surface area contributed by atoms with Gasteiger partial charge >= 0.3 is 0 Å². The van der Waals surface area contributed by atoms with E-state index < -0.39 is 0 Å². The van der Waals surface area contributed by atoms with E-state index in [2.05, 4.69) is 0 Å². The van der Waals surface area contributed by atoms with Gasteiger partial charge in [0.05, 0.1) is 7.11 Å². The summed E-state index contributed by atoms with van der Waals surface area (Å²) in [5.41, 5.74) is 1.98. The fraction of sp³-hybridized carbons (Fsp3) is 0.375. The van der Waals surface area contributed by atoms with E-state index in [-0.39, 0.29) is 11.5 Å². The number of carbonyl (C=O) groups is 1. The predicted octanol–water partition coefficient (Wildman–Crippen LogP) is 2.53. The van der Waals surface area contributed by atoms with Crippen molar-refractivity contribution in [2.75, 3.05) is 20.2 Å². The Morgan fingerprint density at radius 1 is 1.40 bits per heavy atom. The number of nitrogens with zero attached hydrogens (tertiary/aromatic N) is 2. The van der Waals surface area contributed by atoms with E-state index >= 15 is 0 Å². The van der Waals surface area contributed by atoms with Crippen LogP contribution in [-0.2, 0) is 4.79 Å². The molecule has 4 nitrogen and oxygen atoms in total. The second kappa shape index (κ2) is 6.25. The summed E-state index contributed by atoms with van der Waals surface area (Å²) in [4.78, 5) is 14.0. The average Bonchev–Trinajstić information content (AvgIpc) is 2.98. The van der Waals surface area contributed by atoms with Crippen LogP contribution < -0.4 is 4.74 Å². The van der Waals surface area contributed by atoms with Gasteiger partial charge in [0.15, 0.2) is 0 Å². The van der Waals surface area contributed by atoms with Crippen molar-refractivity contribution < 1.29 is 9.53 Å². The van der Waals surface area contributed by atoms with E-state index in [4.69, 9.17) is 4.74 Å². The highest BCUT2D eigenvalue weighted by molar-refractivity contribution is 6.02. The molecule has 1 heterocycles. The molecule has 0 unspecified atom stereocenters. The zero-order chi connectivity index (χ0) is 14.5. The van der Waals surface area contributed by atoms with Crippen LogP contribution in [0.5, 0.6) is 5.75 Å². The molecule has 1 saturated heterocycles. The average molecular weight is 270 g/mol. The third-order valence-corrected chi connectivity index (χ3v) is 3.43. The maximum absolute atomic E-state index is 12.3. The lowest BCUT2D eigenvalue weighted by Gasteiger charge is -2.14. The first-order chi connectivity index (χ1) is 9.65. The Kier molecular flexibility index (Phi) is 4.41. The minimum atomic E-state index is -0.187. The molecule has 0 radical (unpaired) electrons. The van der Waals surface area contributed by atoms with Crippen molar-refractivity contribution in [3.63, 3.8) is 0 Å². The number of rotatable bonds is 3. The topological polar surface area (TPSA) is 53.3 Å². The Morgan fingerprint density at radius 3 is 2.70 bits per heavy atom. The van der Waals surface area contributed by atoms with Crippen molar-refractivity contribution in [2.24, 2.45) is 0 Å². The number of methoxy groups -OCH3 is 1. The molecule has 2 rings (SSSR count). The Bertz CT molecular complexity index is 579. The van der Waals surface area contributed by atoms with Crippen LogP contribution in [0.25, 0.3) is 6.08 Å². The van der Waals surface area contributed by atoms with Gasteiger partial charge in [0.25, 0.3) is 5.91 Å². The number of benzene rings is 1. The maximum Gasteiger partial charge on any atom is 0.264 e. The first-order valence-electron chi connectivity index (χ1n) is 6.71. The normalized spacial score (nSPS) is 15.1. The van der Waals surface area contributed by atoms with Gasteiger partial charge in [-0.3, -0.25) is 4.79 Å². The van der Waals surface area contributed by atoms with Gasteiger partial charge in [-0.2, -0.15) is 5.26 Å². The molecule has 1 amide bonds. The van der Waals surface area contributed by atoms with E-state index in [0.717, 1.165) is 37.1 Å². The van der Waals surface area contributed by atoms with Crippen LogP contribution in [0.15, 0.2) is 23.8 Å². The van der Waals surface area contributed by atoms with Crippen molar-refractivity contribution in [1.82, 2.24) is 4.90 Å². The largest absolute Gasteiger partial charge is 0.496 e. The number of amides is 1. The van der Waals surface area contributed by atoms with Crippen LogP contribution in [0.3, 0.4) is 0 Å². The Labute approximate surface area is 119 Å². The van der Waals surface area contributed by atoms with Crippen molar-refractivity contribution in [3.8, 4) is 11.8 Å². The molecule has 1 fully saturated rings. The van der Waals surface area contributed by atoms with Crippen LogP contribution in [0.1, 0.15) is 24.0 Å². The molecule has 0 N–H and O–H groups in total. The summed E-state index contributed by atoms with van der Waals surface area (Å²) >= 11 is 0. The lowest BCUT2D eigenvalue weighted by molar-refractivity contribution is -0.125. The Hall–Kier alpha value is -2.28. The molecule has 0 spiro atoms. The fourth-order valence-electron chi connectivity index (χ4n) is 2.35. The molecular formula is C16H18N2O2. The number of ether oxygens (including phenoxy) is 1. The lowest BCUT2D eigenvalue weighted by Crippen LogP contribution is -2.28. The van der Waals surface area contributed by atoms with Crippen LogP contribution in [0.2, 0.25) is 0 Å². The molecule has 104 valence electrons. The summed E-state index contributed by atoms with van der Waals surface area (Å²) in [6, 6.07) is 7.70. The van der Waals surface area contributed by atoms with E-state index in [1.165, 1.54) is 0 Å². The minimum Gasteiger partial charge on any atom is -0.496 e. The third-order valence-electron chi connectivity index (χ3n) is 3.43. The molecule has 0 aliphatic carbocycles. The van der Waals surface area contributed by atoms with Gasteiger partial charge in [-0.15, -0.1) is 0 Å². The summed E-state index contributed by atoms with van der Waals surface area (Å²) in [6.45, 7) is 3.44. The highest BCUT2D eigenvalue weighted by atomic mass is 16.5. The van der Waals surface area contributed by atoms with Gasteiger partial charge in [0.2, 0.25) is 0 Å². The van der Waals surface area contributed by atoms with Crippen LogP contribution in [0, 0.1) is 18.3 Å². The first kappa shape index (κ1) is 14.1. The quantitative estimate of drug-likeness (QED) is 0.626. The van der Waals surface area contributed by atoms with E-state index in [1.54, 1.807) is 18.1 Å². The Morgan fingerprint density at radius 2 is 2.10 bits per heavy atom. The second-order valence-corrected chi connectivity index (χ2v) is 4.91. The van der Waals surface area contributed by atoms with Gasteiger partial charge in [-0.1, -0.05) is 11.6 Å². The minimum absolute atomic E-state index is 0.163. The number of nitriles is 1. The molecule has 1 aliphatic heterocycles. The molecule has 4 heteroatoms. The Balaban J connectivity index is 2.33. The standard InChI is InChI=1S/C16H18N2O2/c1-12-5-6-15(20-2)13(9-12)10-14(11-17)16(19)18-7-3-4-8-18/h5-6,9-10H,3-4,7-8H2,1-2H3/b14-10+. The number of likely N-dealkylation sites (tertiary alicyclic amines) is 1. The zero-order valence-electron chi connectivity index (χ0n) is 11.8. The van der Waals surface area contributed by atoms with Gasteiger partial charge in [-0.25, -0.2) is 0 Å². The lowest BCUT2D eigenvalue weighted by atomic mass is 10.1. The molecular weight excluding hydrogens is 252 g/mol. The predicted molar refractivity (Wildman–Crippen MR) is 77.1 cm³/mol. The third kappa shape index (κ3) is 3.00. The molecule has 0 aromatic heterocycles. The van der Waals surface area contributed by atoms with Crippen molar-refractivity contribution in [2.45, 2.75) is 19.8 Å². The second-order valence-electron chi connectivity index (χ2n) is 4.91. The van der Waals surface area contributed by atoms with Crippen LogP contribution in [-0.4, -0.2) is 31.0 Å². The molecule has 1 aliphatic rings. The smallest absolute Gasteiger partial charge is 0.264 e. The van der Waals surface area contributed by atoms with Gasteiger partial charge < -0.3 is 9.64 Å². The fourth-order valence-corrected chi connectivity index (χ4v) is 2.35. The first-order valence-corrected chi connectivity index (χ1v) is 6.71. The highest BCUT2D eigenvalue weighted by Gasteiger charge is 2.21. The van der Waals surface area contributed by atoms with Crippen molar-refractivity contribution in [1.29, 1.82) is 5.26 Å². The number of hydrogen-bond donors (Lipinski definition) is 0.